The molecule has 0 unspecified atom stereocenters. The summed E-state index contributed by atoms with van der Waals surface area (Å²) in [5.74, 6) is -1.14. The van der Waals surface area contributed by atoms with Crippen molar-refractivity contribution in [2.75, 3.05) is 9.96 Å². The molecule has 3 aromatic rings. The number of hydrogen-bond acceptors (Lipinski definition) is 4. The molecule has 2 aliphatic rings. The number of para-hydroxylation sites is 1. The van der Waals surface area contributed by atoms with E-state index >= 15 is 0 Å². The molecule has 5 nitrogen and oxygen atoms in total. The highest BCUT2D eigenvalue weighted by molar-refractivity contribution is 6.23. The van der Waals surface area contributed by atoms with Crippen LogP contribution in [-0.2, 0) is 20.8 Å². The molecule has 2 heterocycles. The number of nitrogens with zero attached hydrogens (tertiary/aromatic N) is 2. The number of carbonyl (C=O) groups is 2. The van der Waals surface area contributed by atoms with E-state index in [1.807, 2.05) is 85.8 Å². The molecule has 2 fully saturated rings. The van der Waals surface area contributed by atoms with Crippen LogP contribution < -0.4 is 9.96 Å². The lowest BCUT2D eigenvalue weighted by Gasteiger charge is -2.28. The Hall–Kier alpha value is -3.44. The summed E-state index contributed by atoms with van der Waals surface area (Å²) in [5, 5.41) is 1.73. The van der Waals surface area contributed by atoms with Gasteiger partial charge in [0.1, 0.15) is 5.92 Å². The van der Waals surface area contributed by atoms with Gasteiger partial charge in [0.05, 0.1) is 17.4 Å². The fourth-order valence-electron chi connectivity index (χ4n) is 4.45. The number of fused-ring (bicyclic) bond motifs is 1. The first kappa shape index (κ1) is 19.5. The standard InChI is InChI=1S/C26H24N2O3/c1-3-18-11-15-20(16-12-18)27-25(29)22-23(19-13-9-17(2)10-14-19)28(31-24(22)26(27)30)21-7-5-4-6-8-21/h4-16,22-24H,3H2,1-2H3/t22-,23-,24-/m1/s1. The van der Waals surface area contributed by atoms with Gasteiger partial charge in [-0.15, -0.1) is 0 Å². The van der Waals surface area contributed by atoms with Gasteiger partial charge >= 0.3 is 0 Å². The Morgan fingerprint density at radius 2 is 1.48 bits per heavy atom. The van der Waals surface area contributed by atoms with E-state index in [4.69, 9.17) is 4.84 Å². The van der Waals surface area contributed by atoms with Crippen LogP contribution in [-0.4, -0.2) is 17.9 Å². The summed E-state index contributed by atoms with van der Waals surface area (Å²) in [6.07, 6.45) is 0.0581. The molecule has 5 rings (SSSR count). The van der Waals surface area contributed by atoms with Crippen LogP contribution in [0.1, 0.15) is 29.7 Å². The predicted octanol–water partition coefficient (Wildman–Crippen LogP) is 4.61. The Labute approximate surface area is 181 Å². The zero-order valence-electron chi connectivity index (χ0n) is 17.6. The molecule has 0 aliphatic carbocycles. The van der Waals surface area contributed by atoms with Crippen LogP contribution in [0.5, 0.6) is 0 Å². The molecule has 3 atom stereocenters. The maximum atomic E-state index is 13.6. The maximum Gasteiger partial charge on any atom is 0.266 e. The number of anilines is 2. The number of hydrogen-bond donors (Lipinski definition) is 0. The molecule has 2 saturated heterocycles. The van der Waals surface area contributed by atoms with Crippen molar-refractivity contribution in [2.45, 2.75) is 32.4 Å². The minimum Gasteiger partial charge on any atom is -0.273 e. The largest absolute Gasteiger partial charge is 0.273 e. The van der Waals surface area contributed by atoms with Gasteiger partial charge in [-0.25, -0.2) is 9.96 Å². The number of aryl methyl sites for hydroxylation is 2. The lowest BCUT2D eigenvalue weighted by atomic mass is 9.90. The summed E-state index contributed by atoms with van der Waals surface area (Å²) in [5.41, 5.74) is 4.66. The van der Waals surface area contributed by atoms with Crippen molar-refractivity contribution < 1.29 is 14.4 Å². The topological polar surface area (TPSA) is 49.9 Å². The Morgan fingerprint density at radius 3 is 2.13 bits per heavy atom. The van der Waals surface area contributed by atoms with Crippen molar-refractivity contribution in [2.24, 2.45) is 5.92 Å². The van der Waals surface area contributed by atoms with E-state index in [1.165, 1.54) is 4.90 Å². The number of carbonyl (C=O) groups excluding carboxylic acids is 2. The van der Waals surface area contributed by atoms with Crippen LogP contribution in [0.3, 0.4) is 0 Å². The Kier molecular flexibility index (Phi) is 4.83. The average molecular weight is 412 g/mol. The van der Waals surface area contributed by atoms with E-state index in [9.17, 15) is 9.59 Å². The maximum absolute atomic E-state index is 13.6. The second kappa shape index (κ2) is 7.67. The summed E-state index contributed by atoms with van der Waals surface area (Å²) >= 11 is 0. The first-order valence-electron chi connectivity index (χ1n) is 10.6. The van der Waals surface area contributed by atoms with E-state index < -0.39 is 12.0 Å². The van der Waals surface area contributed by atoms with E-state index in [-0.39, 0.29) is 17.9 Å². The molecule has 0 saturated carbocycles. The summed E-state index contributed by atoms with van der Waals surface area (Å²) in [6, 6.07) is 24.9. The highest BCUT2D eigenvalue weighted by Crippen LogP contribution is 2.47. The molecule has 31 heavy (non-hydrogen) atoms. The molecule has 2 amide bonds. The molecular formula is C26H24N2O3. The molecule has 0 spiro atoms. The fraction of sp³-hybridized carbons (Fsp3) is 0.231. The van der Waals surface area contributed by atoms with Crippen LogP contribution in [0.25, 0.3) is 0 Å². The van der Waals surface area contributed by atoms with Crippen LogP contribution in [0.2, 0.25) is 0 Å². The number of benzene rings is 3. The summed E-state index contributed by atoms with van der Waals surface area (Å²) in [6.45, 7) is 4.10. The molecule has 5 heteroatoms. The van der Waals surface area contributed by atoms with E-state index in [1.54, 1.807) is 5.06 Å². The van der Waals surface area contributed by atoms with Gasteiger partial charge in [-0.1, -0.05) is 67.1 Å². The smallest absolute Gasteiger partial charge is 0.266 e. The van der Waals surface area contributed by atoms with Crippen LogP contribution in [0.15, 0.2) is 78.9 Å². The van der Waals surface area contributed by atoms with E-state index in [0.29, 0.717) is 5.69 Å². The normalized spacial score (nSPS) is 22.8. The molecule has 0 radical (unpaired) electrons. The minimum absolute atomic E-state index is 0.219. The second-order valence-electron chi connectivity index (χ2n) is 8.10. The predicted molar refractivity (Wildman–Crippen MR) is 120 cm³/mol. The van der Waals surface area contributed by atoms with E-state index in [0.717, 1.165) is 28.8 Å². The first-order valence-corrected chi connectivity index (χ1v) is 10.6. The van der Waals surface area contributed by atoms with Gasteiger partial charge in [0.2, 0.25) is 5.91 Å². The van der Waals surface area contributed by atoms with Gasteiger partial charge in [-0.05, 0) is 48.7 Å². The van der Waals surface area contributed by atoms with Crippen molar-refractivity contribution >= 4 is 23.2 Å². The molecule has 3 aromatic carbocycles. The highest BCUT2D eigenvalue weighted by Gasteiger charge is 2.60. The summed E-state index contributed by atoms with van der Waals surface area (Å²) < 4.78 is 0. The van der Waals surface area contributed by atoms with Gasteiger partial charge in [0, 0.05) is 0 Å². The van der Waals surface area contributed by atoms with Crippen molar-refractivity contribution in [1.82, 2.24) is 0 Å². The third-order valence-corrected chi connectivity index (χ3v) is 6.15. The summed E-state index contributed by atoms with van der Waals surface area (Å²) in [4.78, 5) is 34.4. The van der Waals surface area contributed by atoms with Gasteiger partial charge in [0.15, 0.2) is 6.10 Å². The van der Waals surface area contributed by atoms with Gasteiger partial charge in [-0.2, -0.15) is 0 Å². The molecule has 0 N–H and O–H groups in total. The van der Waals surface area contributed by atoms with Crippen molar-refractivity contribution in [3.05, 3.63) is 95.6 Å². The fourth-order valence-corrected chi connectivity index (χ4v) is 4.45. The number of rotatable bonds is 4. The first-order chi connectivity index (χ1) is 15.1. The number of hydroxylamine groups is 1. The van der Waals surface area contributed by atoms with Crippen molar-refractivity contribution in [1.29, 1.82) is 0 Å². The lowest BCUT2D eigenvalue weighted by Crippen LogP contribution is -2.37. The van der Waals surface area contributed by atoms with Gasteiger partial charge < -0.3 is 0 Å². The third-order valence-electron chi connectivity index (χ3n) is 6.15. The van der Waals surface area contributed by atoms with Crippen molar-refractivity contribution in [3.63, 3.8) is 0 Å². The molecule has 2 aliphatic heterocycles. The molecule has 0 aromatic heterocycles. The van der Waals surface area contributed by atoms with Crippen LogP contribution >= 0.6 is 0 Å². The SMILES string of the molecule is CCc1ccc(N2C(=O)[C@@H]3[C@@H](c4ccc(C)cc4)N(c4ccccc4)O[C@H]3C2=O)cc1. The average Bonchev–Trinajstić information content (AvgIpc) is 3.31. The second-order valence-corrected chi connectivity index (χ2v) is 8.10. The summed E-state index contributed by atoms with van der Waals surface area (Å²) in [7, 11) is 0. The molecule has 0 bridgehead atoms. The van der Waals surface area contributed by atoms with Crippen LogP contribution in [0.4, 0.5) is 11.4 Å². The monoisotopic (exact) mass is 412 g/mol. The number of amides is 2. The zero-order valence-corrected chi connectivity index (χ0v) is 17.6. The Morgan fingerprint density at radius 1 is 0.806 bits per heavy atom. The van der Waals surface area contributed by atoms with E-state index in [2.05, 4.69) is 6.92 Å². The zero-order chi connectivity index (χ0) is 21.5. The highest BCUT2D eigenvalue weighted by atomic mass is 16.7. The molecular weight excluding hydrogens is 388 g/mol. The quantitative estimate of drug-likeness (QED) is 0.588. The third kappa shape index (κ3) is 3.22. The van der Waals surface area contributed by atoms with Gasteiger partial charge in [0.25, 0.3) is 5.91 Å². The molecule has 156 valence electrons. The van der Waals surface area contributed by atoms with Crippen molar-refractivity contribution in [3.8, 4) is 0 Å². The lowest BCUT2D eigenvalue weighted by molar-refractivity contribution is -0.126. The van der Waals surface area contributed by atoms with Crippen LogP contribution in [0, 0.1) is 12.8 Å². The Balaban J connectivity index is 1.56. The Bertz CT molecular complexity index is 1110. The minimum atomic E-state index is -0.843. The number of imide groups is 1. The van der Waals surface area contributed by atoms with Gasteiger partial charge in [-0.3, -0.25) is 14.4 Å².